The molecule has 23 heavy (non-hydrogen) atoms. The summed E-state index contributed by atoms with van der Waals surface area (Å²) in [5.41, 5.74) is 1.07. The van der Waals surface area contributed by atoms with Crippen LogP contribution in [0.1, 0.15) is 23.7 Å². The van der Waals surface area contributed by atoms with Crippen molar-refractivity contribution in [2.24, 2.45) is 5.92 Å². The summed E-state index contributed by atoms with van der Waals surface area (Å²) in [4.78, 5) is 26.3. The van der Waals surface area contributed by atoms with E-state index in [2.05, 4.69) is 6.58 Å². The molecule has 0 aromatic heterocycles. The van der Waals surface area contributed by atoms with Crippen LogP contribution < -0.4 is 0 Å². The lowest BCUT2D eigenvalue weighted by Crippen LogP contribution is -2.66. The standard InChI is InChI=1S/C17H17NO4S/c1-3-7-13-16(20)18-14(11(2)10-23(21,22)17(13)18)15(19)12-8-5-4-6-9-12/h3-6,8-9,13,17H,1,7,10H2,2H3/t13?,17-/m1/s1. The number of Topliss-reactive ketones (excluding diaryl/α,β-unsaturated/α-hetero) is 1. The second-order valence-electron chi connectivity index (χ2n) is 5.86. The first-order valence-electron chi connectivity index (χ1n) is 7.33. The van der Waals surface area contributed by atoms with E-state index in [0.717, 1.165) is 4.90 Å². The van der Waals surface area contributed by atoms with E-state index in [-0.39, 0.29) is 23.1 Å². The number of hydrogen-bond acceptors (Lipinski definition) is 4. The number of hydrogen-bond donors (Lipinski definition) is 0. The van der Waals surface area contributed by atoms with Crippen LogP contribution in [0, 0.1) is 5.92 Å². The molecule has 0 radical (unpaired) electrons. The van der Waals surface area contributed by atoms with Crippen molar-refractivity contribution in [1.82, 2.24) is 4.90 Å². The van der Waals surface area contributed by atoms with Gasteiger partial charge in [0.25, 0.3) is 0 Å². The molecule has 3 rings (SSSR count). The zero-order chi connectivity index (χ0) is 16.8. The highest BCUT2D eigenvalue weighted by atomic mass is 32.2. The van der Waals surface area contributed by atoms with Crippen LogP contribution >= 0.6 is 0 Å². The number of β-lactam (4-membered cyclic amide) rings is 1. The molecule has 6 heteroatoms. The van der Waals surface area contributed by atoms with E-state index in [0.29, 0.717) is 17.6 Å². The van der Waals surface area contributed by atoms with Gasteiger partial charge in [0.1, 0.15) is 0 Å². The van der Waals surface area contributed by atoms with Crippen molar-refractivity contribution in [2.45, 2.75) is 18.7 Å². The van der Waals surface area contributed by atoms with Gasteiger partial charge in [-0.15, -0.1) is 6.58 Å². The Bertz CT molecular complexity index is 823. The lowest BCUT2D eigenvalue weighted by Gasteiger charge is -2.49. The maximum Gasteiger partial charge on any atom is 0.234 e. The molecule has 0 bridgehead atoms. The number of ketones is 1. The number of allylic oxidation sites excluding steroid dienone is 2. The Labute approximate surface area is 135 Å². The van der Waals surface area contributed by atoms with Crippen molar-refractivity contribution in [3.05, 3.63) is 59.8 Å². The summed E-state index contributed by atoms with van der Waals surface area (Å²) in [6.45, 7) is 5.17. The van der Waals surface area contributed by atoms with Crippen LogP contribution in [-0.4, -0.2) is 36.1 Å². The Morgan fingerprint density at radius 3 is 2.61 bits per heavy atom. The minimum absolute atomic E-state index is 0.191. The second-order valence-corrected chi connectivity index (χ2v) is 7.96. The van der Waals surface area contributed by atoms with Gasteiger partial charge in [0.05, 0.1) is 17.4 Å². The minimum atomic E-state index is -3.48. The van der Waals surface area contributed by atoms with Gasteiger partial charge in [0, 0.05) is 5.56 Å². The van der Waals surface area contributed by atoms with Gasteiger partial charge in [-0.2, -0.15) is 0 Å². The lowest BCUT2D eigenvalue weighted by atomic mass is 9.90. The highest BCUT2D eigenvalue weighted by molar-refractivity contribution is 7.92. The molecule has 0 saturated carbocycles. The first-order chi connectivity index (χ1) is 10.9. The molecule has 1 unspecified atom stereocenters. The molecule has 1 aromatic carbocycles. The van der Waals surface area contributed by atoms with E-state index in [4.69, 9.17) is 0 Å². The number of carbonyl (C=O) groups is 2. The van der Waals surface area contributed by atoms with Gasteiger partial charge in [-0.25, -0.2) is 8.42 Å². The maximum absolute atomic E-state index is 12.8. The molecule has 2 aliphatic rings. The number of carbonyl (C=O) groups excluding carboxylic acids is 2. The predicted molar refractivity (Wildman–Crippen MR) is 86.2 cm³/mol. The average Bonchev–Trinajstić information content (AvgIpc) is 2.52. The van der Waals surface area contributed by atoms with E-state index in [1.165, 1.54) is 0 Å². The van der Waals surface area contributed by atoms with E-state index in [1.807, 2.05) is 0 Å². The molecule has 1 aromatic rings. The quantitative estimate of drug-likeness (QED) is 0.480. The number of benzene rings is 1. The first kappa shape index (κ1) is 15.7. The second kappa shape index (κ2) is 5.45. The number of rotatable bonds is 4. The molecule has 2 heterocycles. The summed E-state index contributed by atoms with van der Waals surface area (Å²) in [6.07, 6.45) is 1.84. The summed E-state index contributed by atoms with van der Waals surface area (Å²) in [7, 11) is -3.48. The molecule has 120 valence electrons. The predicted octanol–water partition coefficient (Wildman–Crippen LogP) is 1.93. The highest BCUT2D eigenvalue weighted by Crippen LogP contribution is 2.42. The monoisotopic (exact) mass is 331 g/mol. The van der Waals surface area contributed by atoms with Crippen LogP contribution in [0.3, 0.4) is 0 Å². The van der Waals surface area contributed by atoms with Gasteiger partial charge in [-0.3, -0.25) is 14.5 Å². The van der Waals surface area contributed by atoms with Crippen molar-refractivity contribution in [3.8, 4) is 0 Å². The molecule has 2 aliphatic heterocycles. The van der Waals surface area contributed by atoms with Gasteiger partial charge in [-0.1, -0.05) is 36.4 Å². The molecule has 1 amide bonds. The summed E-state index contributed by atoms with van der Waals surface area (Å²) in [5, 5.41) is -0.945. The number of fused-ring (bicyclic) bond motifs is 1. The number of sulfone groups is 1. The summed E-state index contributed by atoms with van der Waals surface area (Å²) >= 11 is 0. The number of nitrogens with zero attached hydrogens (tertiary/aromatic N) is 1. The van der Waals surface area contributed by atoms with Crippen molar-refractivity contribution < 1.29 is 18.0 Å². The van der Waals surface area contributed by atoms with Crippen LogP contribution in [-0.2, 0) is 14.6 Å². The summed E-state index contributed by atoms with van der Waals surface area (Å²) in [6, 6.07) is 8.58. The Morgan fingerprint density at radius 1 is 1.35 bits per heavy atom. The maximum atomic E-state index is 12.8. The summed E-state index contributed by atoms with van der Waals surface area (Å²) < 4.78 is 24.8. The van der Waals surface area contributed by atoms with Crippen LogP contribution in [0.15, 0.2) is 54.3 Å². The largest absolute Gasteiger partial charge is 0.290 e. The van der Waals surface area contributed by atoms with Crippen LogP contribution in [0.5, 0.6) is 0 Å². The zero-order valence-electron chi connectivity index (χ0n) is 12.7. The van der Waals surface area contributed by atoms with Crippen LogP contribution in [0.4, 0.5) is 0 Å². The van der Waals surface area contributed by atoms with E-state index in [1.54, 1.807) is 43.3 Å². The smallest absolute Gasteiger partial charge is 0.234 e. The van der Waals surface area contributed by atoms with Crippen LogP contribution in [0.2, 0.25) is 0 Å². The third-order valence-electron chi connectivity index (χ3n) is 4.26. The van der Waals surface area contributed by atoms with Gasteiger partial charge in [-0.05, 0) is 18.9 Å². The zero-order valence-corrected chi connectivity index (χ0v) is 13.5. The van der Waals surface area contributed by atoms with Gasteiger partial charge < -0.3 is 0 Å². The Morgan fingerprint density at radius 2 is 2.00 bits per heavy atom. The first-order valence-corrected chi connectivity index (χ1v) is 9.05. The third-order valence-corrected chi connectivity index (χ3v) is 6.37. The van der Waals surface area contributed by atoms with Crippen molar-refractivity contribution in [3.63, 3.8) is 0 Å². The highest BCUT2D eigenvalue weighted by Gasteiger charge is 2.58. The Hall–Kier alpha value is -2.21. The molecule has 5 nitrogen and oxygen atoms in total. The minimum Gasteiger partial charge on any atom is -0.290 e. The molecule has 0 spiro atoms. The Kier molecular flexibility index (Phi) is 3.72. The van der Waals surface area contributed by atoms with Crippen molar-refractivity contribution in [2.75, 3.05) is 5.75 Å². The van der Waals surface area contributed by atoms with E-state index in [9.17, 15) is 18.0 Å². The van der Waals surface area contributed by atoms with Crippen molar-refractivity contribution in [1.29, 1.82) is 0 Å². The van der Waals surface area contributed by atoms with Gasteiger partial charge in [0.15, 0.2) is 15.2 Å². The third kappa shape index (κ3) is 2.34. The van der Waals surface area contributed by atoms with Gasteiger partial charge >= 0.3 is 0 Å². The topological polar surface area (TPSA) is 71.5 Å². The normalized spacial score (nSPS) is 25.6. The summed E-state index contributed by atoms with van der Waals surface area (Å²) in [5.74, 6) is -1.46. The fraction of sp³-hybridized carbons (Fsp3) is 0.294. The molecule has 2 atom stereocenters. The molecule has 0 N–H and O–H groups in total. The lowest BCUT2D eigenvalue weighted by molar-refractivity contribution is -0.147. The van der Waals surface area contributed by atoms with Crippen molar-refractivity contribution >= 4 is 21.5 Å². The molecular weight excluding hydrogens is 314 g/mol. The average molecular weight is 331 g/mol. The molecule has 0 aliphatic carbocycles. The van der Waals surface area contributed by atoms with E-state index < -0.39 is 21.1 Å². The SMILES string of the molecule is C=CCC1C(=O)N2C(C(=O)c3ccccc3)=C(C)CS(=O)(=O)[C@H]12. The molecule has 1 fully saturated rings. The van der Waals surface area contributed by atoms with E-state index >= 15 is 0 Å². The number of amides is 1. The van der Waals surface area contributed by atoms with Crippen LogP contribution in [0.25, 0.3) is 0 Å². The fourth-order valence-corrected chi connectivity index (χ4v) is 5.43. The van der Waals surface area contributed by atoms with Gasteiger partial charge in [0.2, 0.25) is 11.7 Å². The fourth-order valence-electron chi connectivity index (χ4n) is 3.26. The molecule has 1 saturated heterocycles. The Balaban J connectivity index is 2.06. The molecular formula is C17H17NO4S.